The number of hydrogen-bond acceptors (Lipinski definition) is 6. The van der Waals surface area contributed by atoms with E-state index < -0.39 is 23.6 Å². The van der Waals surface area contributed by atoms with Crippen molar-refractivity contribution in [3.63, 3.8) is 0 Å². The molecule has 3 rings (SSSR count). The van der Waals surface area contributed by atoms with Crippen molar-refractivity contribution in [1.29, 1.82) is 0 Å². The zero-order valence-electron chi connectivity index (χ0n) is 14.9. The van der Waals surface area contributed by atoms with E-state index in [1.54, 1.807) is 30.6 Å². The first-order valence-electron chi connectivity index (χ1n) is 8.60. The quantitative estimate of drug-likeness (QED) is 0.567. The molecule has 2 aromatic heterocycles. The number of rotatable bonds is 8. The van der Waals surface area contributed by atoms with Gasteiger partial charge in [0.25, 0.3) is 11.8 Å². The van der Waals surface area contributed by atoms with E-state index in [1.165, 1.54) is 0 Å². The van der Waals surface area contributed by atoms with Gasteiger partial charge in [-0.25, -0.2) is 0 Å². The summed E-state index contributed by atoms with van der Waals surface area (Å²) >= 11 is 1.000. The third-order valence-electron chi connectivity index (χ3n) is 4.15. The predicted molar refractivity (Wildman–Crippen MR) is 106 cm³/mol. The van der Waals surface area contributed by atoms with Crippen LogP contribution in [0.5, 0.6) is 0 Å². The second kappa shape index (κ2) is 9.01. The molecule has 0 fully saturated rings. The van der Waals surface area contributed by atoms with Gasteiger partial charge < -0.3 is 11.1 Å². The Morgan fingerprint density at radius 3 is 2.50 bits per heavy atom. The van der Waals surface area contributed by atoms with E-state index in [0.717, 1.165) is 17.1 Å². The maximum absolute atomic E-state index is 12.8. The average Bonchev–Trinajstić information content (AvgIpc) is 3.22. The number of nitrogens with two attached hydrogens (primary N) is 1. The minimum atomic E-state index is -1.08. The van der Waals surface area contributed by atoms with Crippen LogP contribution in [0.25, 0.3) is 11.3 Å². The third kappa shape index (κ3) is 4.66. The molecular weight excluding hydrogens is 376 g/mol. The number of nitrogens with zero attached hydrogens (tertiary/aromatic N) is 2. The lowest BCUT2D eigenvalue weighted by atomic mass is 10.0. The molecule has 8 heteroatoms. The van der Waals surface area contributed by atoms with Crippen molar-refractivity contribution < 1.29 is 14.4 Å². The Morgan fingerprint density at radius 1 is 1.07 bits per heavy atom. The van der Waals surface area contributed by atoms with Gasteiger partial charge >= 0.3 is 0 Å². The fourth-order valence-corrected chi connectivity index (χ4v) is 3.39. The fraction of sp³-hybridized carbons (Fsp3) is 0.150. The largest absolute Gasteiger partial charge is 0.363 e. The van der Waals surface area contributed by atoms with Gasteiger partial charge in [-0.2, -0.15) is 4.37 Å². The first-order chi connectivity index (χ1) is 13.6. The standard InChI is InChI=1S/C20H18N4O3S/c21-19(26)17(25)16(10-9-13-6-2-1-3-7-13)24-20(27)18-14(12-23-28-18)15-8-4-5-11-22-15/h1-8,11-12,16H,9-10H2,(H2,21,26)(H,24,27). The Kier molecular flexibility index (Phi) is 6.23. The summed E-state index contributed by atoms with van der Waals surface area (Å²) in [5, 5.41) is 2.63. The summed E-state index contributed by atoms with van der Waals surface area (Å²) in [7, 11) is 0. The summed E-state index contributed by atoms with van der Waals surface area (Å²) in [5.41, 5.74) is 7.32. The predicted octanol–water partition coefficient (Wildman–Crippen LogP) is 1.99. The first-order valence-corrected chi connectivity index (χ1v) is 9.38. The Morgan fingerprint density at radius 2 is 1.82 bits per heavy atom. The van der Waals surface area contributed by atoms with E-state index in [-0.39, 0.29) is 6.42 Å². The van der Waals surface area contributed by atoms with E-state index in [0.29, 0.717) is 22.6 Å². The summed E-state index contributed by atoms with van der Waals surface area (Å²) in [4.78, 5) is 40.9. The molecule has 1 atom stereocenters. The molecule has 1 unspecified atom stereocenters. The highest BCUT2D eigenvalue weighted by molar-refractivity contribution is 7.08. The summed E-state index contributed by atoms with van der Waals surface area (Å²) < 4.78 is 4.06. The van der Waals surface area contributed by atoms with Gasteiger partial charge in [0.15, 0.2) is 0 Å². The maximum atomic E-state index is 12.8. The van der Waals surface area contributed by atoms with Crippen LogP contribution in [-0.2, 0) is 16.0 Å². The first kappa shape index (κ1) is 19.4. The Labute approximate surface area is 165 Å². The molecule has 0 bridgehead atoms. The monoisotopic (exact) mass is 394 g/mol. The highest BCUT2D eigenvalue weighted by Crippen LogP contribution is 2.24. The van der Waals surface area contributed by atoms with Crippen molar-refractivity contribution in [1.82, 2.24) is 14.7 Å². The highest BCUT2D eigenvalue weighted by atomic mass is 32.1. The number of nitrogens with one attached hydrogen (secondary N) is 1. The number of amides is 2. The number of hydrogen-bond donors (Lipinski definition) is 2. The normalized spacial score (nSPS) is 11.6. The summed E-state index contributed by atoms with van der Waals surface area (Å²) in [6.07, 6.45) is 3.95. The van der Waals surface area contributed by atoms with E-state index in [4.69, 9.17) is 5.73 Å². The summed E-state index contributed by atoms with van der Waals surface area (Å²) in [6, 6.07) is 13.8. The number of aryl methyl sites for hydroxylation is 1. The van der Waals surface area contributed by atoms with Crippen molar-refractivity contribution in [2.24, 2.45) is 5.73 Å². The molecule has 0 radical (unpaired) electrons. The lowest BCUT2D eigenvalue weighted by molar-refractivity contribution is -0.137. The Bertz CT molecular complexity index is 973. The van der Waals surface area contributed by atoms with Crippen LogP contribution in [-0.4, -0.2) is 33.0 Å². The average molecular weight is 394 g/mol. The van der Waals surface area contributed by atoms with Crippen molar-refractivity contribution in [2.45, 2.75) is 18.9 Å². The topological polar surface area (TPSA) is 115 Å². The van der Waals surface area contributed by atoms with Crippen LogP contribution in [0, 0.1) is 0 Å². The van der Waals surface area contributed by atoms with Gasteiger partial charge in [-0.3, -0.25) is 19.4 Å². The fourth-order valence-electron chi connectivity index (χ4n) is 2.73. The highest BCUT2D eigenvalue weighted by Gasteiger charge is 2.27. The number of carbonyl (C=O) groups excluding carboxylic acids is 3. The van der Waals surface area contributed by atoms with Crippen molar-refractivity contribution >= 4 is 29.1 Å². The van der Waals surface area contributed by atoms with Crippen LogP contribution < -0.4 is 11.1 Å². The van der Waals surface area contributed by atoms with Crippen LogP contribution in [0.4, 0.5) is 0 Å². The number of carbonyl (C=O) groups is 3. The number of primary amides is 1. The van der Waals surface area contributed by atoms with Crippen molar-refractivity contribution in [3.8, 4) is 11.3 Å². The summed E-state index contributed by atoms with van der Waals surface area (Å²) in [6.45, 7) is 0. The molecule has 142 valence electrons. The van der Waals surface area contributed by atoms with Crippen molar-refractivity contribution in [3.05, 3.63) is 71.4 Å². The lowest BCUT2D eigenvalue weighted by Gasteiger charge is -2.16. The minimum absolute atomic E-state index is 0.259. The smallest absolute Gasteiger partial charge is 0.287 e. The van der Waals surface area contributed by atoms with Gasteiger partial charge in [-0.15, -0.1) is 0 Å². The van der Waals surface area contributed by atoms with Gasteiger partial charge in [0.2, 0.25) is 5.78 Å². The zero-order valence-corrected chi connectivity index (χ0v) is 15.7. The molecule has 0 aliphatic rings. The second-order valence-electron chi connectivity index (χ2n) is 6.06. The van der Waals surface area contributed by atoms with Gasteiger partial charge in [-0.05, 0) is 42.1 Å². The molecule has 0 saturated heterocycles. The number of ketones is 1. The number of Topliss-reactive ketones (excluding diaryl/α,β-unsaturated/α-hetero) is 1. The molecule has 2 amide bonds. The second-order valence-corrected chi connectivity index (χ2v) is 6.86. The van der Waals surface area contributed by atoms with Crippen LogP contribution >= 0.6 is 11.5 Å². The SMILES string of the molecule is NC(=O)C(=O)C(CCc1ccccc1)NC(=O)c1sncc1-c1ccccn1. The number of benzene rings is 1. The van der Waals surface area contributed by atoms with Crippen molar-refractivity contribution in [2.75, 3.05) is 0 Å². The third-order valence-corrected chi connectivity index (χ3v) is 4.95. The molecule has 7 nitrogen and oxygen atoms in total. The molecule has 1 aromatic carbocycles. The molecule has 3 aromatic rings. The van der Waals surface area contributed by atoms with E-state index in [2.05, 4.69) is 14.7 Å². The molecule has 2 heterocycles. The number of aromatic nitrogens is 2. The summed E-state index contributed by atoms with van der Waals surface area (Å²) in [5.74, 6) is -2.39. The molecule has 28 heavy (non-hydrogen) atoms. The van der Waals surface area contributed by atoms with E-state index >= 15 is 0 Å². The van der Waals surface area contributed by atoms with Crippen LogP contribution in [0.3, 0.4) is 0 Å². The van der Waals surface area contributed by atoms with Gasteiger partial charge in [0.1, 0.15) is 4.88 Å². The molecule has 0 saturated carbocycles. The van der Waals surface area contributed by atoms with Crippen LogP contribution in [0.1, 0.15) is 21.7 Å². The molecule has 0 aliphatic carbocycles. The molecule has 0 spiro atoms. The maximum Gasteiger partial charge on any atom is 0.287 e. The van der Waals surface area contributed by atoms with Gasteiger partial charge in [0, 0.05) is 11.8 Å². The van der Waals surface area contributed by atoms with Crippen LogP contribution in [0.2, 0.25) is 0 Å². The minimum Gasteiger partial charge on any atom is -0.363 e. The lowest BCUT2D eigenvalue weighted by Crippen LogP contribution is -2.46. The molecule has 0 aliphatic heterocycles. The Hall–Kier alpha value is -3.39. The Balaban J connectivity index is 1.77. The number of pyridine rings is 1. The van der Waals surface area contributed by atoms with Crippen LogP contribution in [0.15, 0.2) is 60.9 Å². The van der Waals surface area contributed by atoms with Gasteiger partial charge in [0.05, 0.1) is 17.9 Å². The van der Waals surface area contributed by atoms with Gasteiger partial charge in [-0.1, -0.05) is 36.4 Å². The zero-order chi connectivity index (χ0) is 19.9. The molecule has 3 N–H and O–H groups in total. The molecular formula is C20H18N4O3S. The van der Waals surface area contributed by atoms with E-state index in [9.17, 15) is 14.4 Å². The van der Waals surface area contributed by atoms with E-state index in [1.807, 2.05) is 30.3 Å².